The Morgan fingerprint density at radius 1 is 0.960 bits per heavy atom. The highest BCUT2D eigenvalue weighted by molar-refractivity contribution is 5.41. The molecule has 7 heteroatoms. The molecule has 0 aliphatic carbocycles. The number of ether oxygens (including phenoxy) is 2. The van der Waals surface area contributed by atoms with Crippen molar-refractivity contribution in [3.05, 3.63) is 60.8 Å². The van der Waals surface area contributed by atoms with Crippen LogP contribution in [0.1, 0.15) is 12.5 Å². The van der Waals surface area contributed by atoms with Crippen molar-refractivity contribution in [1.29, 1.82) is 0 Å². The Bertz CT molecular complexity index is 1000. The summed E-state index contributed by atoms with van der Waals surface area (Å²) in [6.07, 6.45) is 10.1. The summed E-state index contributed by atoms with van der Waals surface area (Å²) in [5.74, 6) is 2.62. The quantitative estimate of drug-likeness (QED) is 0.560. The lowest BCUT2D eigenvalue weighted by atomic mass is 10.3. The summed E-state index contributed by atoms with van der Waals surface area (Å²) in [5, 5.41) is 4.37. The number of fused-ring (bicyclic) bond motifs is 1. The Balaban J connectivity index is 1.68. The second kappa shape index (κ2) is 6.27. The zero-order valence-electron chi connectivity index (χ0n) is 14.0. The minimum absolute atomic E-state index is 0.565. The standard InChI is InChI=1S/C18H17N5O2/c1-3-13-8-21-23(11-13)14-9-19-18-20-10-17(22(18)12-14)25-16-6-4-15(24-2)5-7-16/h4-12H,3H2,1-2H3. The van der Waals surface area contributed by atoms with E-state index in [1.54, 1.807) is 28.6 Å². The summed E-state index contributed by atoms with van der Waals surface area (Å²) in [6, 6.07) is 7.38. The van der Waals surface area contributed by atoms with Crippen molar-refractivity contribution in [2.75, 3.05) is 7.11 Å². The van der Waals surface area contributed by atoms with Crippen molar-refractivity contribution in [2.45, 2.75) is 13.3 Å². The third-order valence-electron chi connectivity index (χ3n) is 3.91. The Morgan fingerprint density at radius 2 is 1.72 bits per heavy atom. The second-order valence-electron chi connectivity index (χ2n) is 5.50. The lowest BCUT2D eigenvalue weighted by Crippen LogP contribution is -2.00. The molecule has 0 saturated heterocycles. The maximum absolute atomic E-state index is 5.92. The van der Waals surface area contributed by atoms with Crippen LogP contribution in [0.4, 0.5) is 0 Å². The molecule has 0 bridgehead atoms. The van der Waals surface area contributed by atoms with Crippen LogP contribution in [-0.2, 0) is 6.42 Å². The highest BCUT2D eigenvalue weighted by Gasteiger charge is 2.09. The van der Waals surface area contributed by atoms with Crippen molar-refractivity contribution in [1.82, 2.24) is 24.1 Å². The van der Waals surface area contributed by atoms with Crippen LogP contribution in [-0.4, -0.2) is 31.3 Å². The van der Waals surface area contributed by atoms with E-state index >= 15 is 0 Å². The molecule has 0 N–H and O–H groups in total. The predicted molar refractivity (Wildman–Crippen MR) is 92.6 cm³/mol. The first kappa shape index (κ1) is 15.2. The number of aromatic nitrogens is 5. The zero-order chi connectivity index (χ0) is 17.2. The first-order valence-electron chi connectivity index (χ1n) is 7.96. The van der Waals surface area contributed by atoms with Gasteiger partial charge in [0.1, 0.15) is 11.5 Å². The third-order valence-corrected chi connectivity index (χ3v) is 3.91. The molecule has 1 aromatic carbocycles. The van der Waals surface area contributed by atoms with Gasteiger partial charge in [0.2, 0.25) is 11.7 Å². The van der Waals surface area contributed by atoms with Crippen molar-refractivity contribution in [2.24, 2.45) is 0 Å². The Labute approximate surface area is 144 Å². The molecule has 3 heterocycles. The van der Waals surface area contributed by atoms with Crippen LogP contribution in [0.2, 0.25) is 0 Å². The average Bonchev–Trinajstić information content (AvgIpc) is 3.29. The van der Waals surface area contributed by atoms with Gasteiger partial charge in [-0.05, 0) is 36.2 Å². The van der Waals surface area contributed by atoms with E-state index in [4.69, 9.17) is 9.47 Å². The molecule has 0 spiro atoms. The molecular weight excluding hydrogens is 318 g/mol. The van der Waals surface area contributed by atoms with E-state index in [-0.39, 0.29) is 0 Å². The van der Waals surface area contributed by atoms with Gasteiger partial charge >= 0.3 is 0 Å². The maximum Gasteiger partial charge on any atom is 0.236 e. The molecule has 0 saturated carbocycles. The van der Waals surface area contributed by atoms with Gasteiger partial charge < -0.3 is 9.47 Å². The Hall–Kier alpha value is -3.35. The summed E-state index contributed by atoms with van der Waals surface area (Å²) in [5.41, 5.74) is 2.00. The van der Waals surface area contributed by atoms with Gasteiger partial charge in [-0.25, -0.2) is 14.6 Å². The monoisotopic (exact) mass is 335 g/mol. The Kier molecular flexibility index (Phi) is 3.81. The zero-order valence-corrected chi connectivity index (χ0v) is 14.0. The minimum Gasteiger partial charge on any atom is -0.497 e. The van der Waals surface area contributed by atoms with Gasteiger partial charge in [0.25, 0.3) is 0 Å². The molecule has 25 heavy (non-hydrogen) atoms. The van der Waals surface area contributed by atoms with Gasteiger partial charge in [-0.15, -0.1) is 0 Å². The molecule has 7 nitrogen and oxygen atoms in total. The van der Waals surface area contributed by atoms with E-state index in [1.807, 2.05) is 42.9 Å². The average molecular weight is 335 g/mol. The van der Waals surface area contributed by atoms with Crippen molar-refractivity contribution < 1.29 is 9.47 Å². The molecule has 126 valence electrons. The number of methoxy groups -OCH3 is 1. The molecule has 0 aliphatic rings. The van der Waals surface area contributed by atoms with E-state index in [0.717, 1.165) is 17.9 Å². The molecule has 4 aromatic rings. The molecular formula is C18H17N5O2. The molecule has 0 atom stereocenters. The van der Waals surface area contributed by atoms with Crippen LogP contribution < -0.4 is 9.47 Å². The molecule has 4 rings (SSSR count). The van der Waals surface area contributed by atoms with Gasteiger partial charge in [0, 0.05) is 12.4 Å². The summed E-state index contributed by atoms with van der Waals surface area (Å²) in [6.45, 7) is 2.10. The van der Waals surface area contributed by atoms with Crippen LogP contribution in [0.15, 0.2) is 55.2 Å². The van der Waals surface area contributed by atoms with Crippen molar-refractivity contribution in [3.8, 4) is 23.1 Å². The second-order valence-corrected chi connectivity index (χ2v) is 5.50. The Morgan fingerprint density at radius 3 is 2.44 bits per heavy atom. The van der Waals surface area contributed by atoms with Gasteiger partial charge in [0.15, 0.2) is 0 Å². The van der Waals surface area contributed by atoms with E-state index < -0.39 is 0 Å². The number of nitrogens with zero attached hydrogens (tertiary/aromatic N) is 5. The van der Waals surface area contributed by atoms with E-state index in [0.29, 0.717) is 17.4 Å². The summed E-state index contributed by atoms with van der Waals surface area (Å²) in [4.78, 5) is 8.65. The minimum atomic E-state index is 0.565. The number of hydrogen-bond donors (Lipinski definition) is 0. The third kappa shape index (κ3) is 2.91. The van der Waals surface area contributed by atoms with E-state index in [2.05, 4.69) is 22.0 Å². The molecule has 0 aliphatic heterocycles. The predicted octanol–water partition coefficient (Wildman–Crippen LogP) is 3.28. The normalized spacial score (nSPS) is 11.0. The van der Waals surface area contributed by atoms with Crippen LogP contribution >= 0.6 is 0 Å². The summed E-state index contributed by atoms with van der Waals surface area (Å²) >= 11 is 0. The van der Waals surface area contributed by atoms with Crippen LogP contribution in [0.5, 0.6) is 17.4 Å². The SMILES string of the molecule is CCc1cnn(-c2cnc3ncc(Oc4ccc(OC)cc4)n3c2)c1. The van der Waals surface area contributed by atoms with Crippen LogP contribution in [0.25, 0.3) is 11.5 Å². The lowest BCUT2D eigenvalue weighted by molar-refractivity contribution is 0.412. The van der Waals surface area contributed by atoms with Gasteiger partial charge in [-0.2, -0.15) is 5.10 Å². The highest BCUT2D eigenvalue weighted by atomic mass is 16.5. The lowest BCUT2D eigenvalue weighted by Gasteiger charge is -2.07. The van der Waals surface area contributed by atoms with Crippen molar-refractivity contribution >= 4 is 5.78 Å². The maximum atomic E-state index is 5.92. The fraction of sp³-hybridized carbons (Fsp3) is 0.167. The topological polar surface area (TPSA) is 66.5 Å². The van der Waals surface area contributed by atoms with Gasteiger partial charge in [-0.3, -0.25) is 4.40 Å². The summed E-state index contributed by atoms with van der Waals surface area (Å²) in [7, 11) is 1.63. The first-order valence-corrected chi connectivity index (χ1v) is 7.96. The van der Waals surface area contributed by atoms with E-state index in [9.17, 15) is 0 Å². The van der Waals surface area contributed by atoms with Crippen molar-refractivity contribution in [3.63, 3.8) is 0 Å². The summed E-state index contributed by atoms with van der Waals surface area (Å²) < 4.78 is 14.7. The first-order chi connectivity index (χ1) is 12.3. The van der Waals surface area contributed by atoms with Crippen LogP contribution in [0.3, 0.4) is 0 Å². The molecule has 0 fully saturated rings. The number of rotatable bonds is 5. The largest absolute Gasteiger partial charge is 0.497 e. The molecule has 0 unspecified atom stereocenters. The molecule has 0 radical (unpaired) electrons. The van der Waals surface area contributed by atoms with Crippen LogP contribution in [0, 0.1) is 0 Å². The number of benzene rings is 1. The number of imidazole rings is 1. The number of aryl methyl sites for hydroxylation is 1. The fourth-order valence-corrected chi connectivity index (χ4v) is 2.48. The smallest absolute Gasteiger partial charge is 0.236 e. The fourth-order valence-electron chi connectivity index (χ4n) is 2.48. The number of hydrogen-bond acceptors (Lipinski definition) is 5. The van der Waals surface area contributed by atoms with Gasteiger partial charge in [-0.1, -0.05) is 6.92 Å². The van der Waals surface area contributed by atoms with Gasteiger partial charge in [0.05, 0.1) is 31.4 Å². The molecule has 3 aromatic heterocycles. The highest BCUT2D eigenvalue weighted by Crippen LogP contribution is 2.24. The molecule has 0 amide bonds. The van der Waals surface area contributed by atoms with E-state index in [1.165, 1.54) is 5.56 Å².